The molecule has 80 valence electrons. The molecule has 5 heteroatoms. The molecule has 1 aromatic carbocycles. The predicted molar refractivity (Wildman–Crippen MR) is 62.0 cm³/mol. The van der Waals surface area contributed by atoms with Crippen LogP contribution in [-0.4, -0.2) is 4.57 Å². The van der Waals surface area contributed by atoms with Gasteiger partial charge >= 0.3 is 0 Å². The summed E-state index contributed by atoms with van der Waals surface area (Å²) in [7, 11) is 1.69. The first-order valence-corrected chi connectivity index (χ1v) is 4.82. The van der Waals surface area contributed by atoms with Crippen molar-refractivity contribution in [2.75, 3.05) is 0 Å². The van der Waals surface area contributed by atoms with E-state index < -0.39 is 0 Å². The predicted octanol–water partition coefficient (Wildman–Crippen LogP) is 2.35. The maximum absolute atomic E-state index is 11.8. The van der Waals surface area contributed by atoms with Crippen LogP contribution < -0.4 is 5.56 Å². The number of fused-ring (bicyclic) bond motifs is 1. The number of benzene rings is 1. The molecule has 0 spiro atoms. The molecule has 1 aromatic heterocycles. The largest absolute Gasteiger partial charge is 0.318 e. The molecule has 0 fully saturated rings. The minimum atomic E-state index is -0.0414. The van der Waals surface area contributed by atoms with E-state index in [1.54, 1.807) is 19.3 Å². The van der Waals surface area contributed by atoms with E-state index in [2.05, 4.69) is 10.0 Å². The Hall–Kier alpha value is -2.26. The second-order valence-electron chi connectivity index (χ2n) is 3.50. The molecule has 0 aliphatic carbocycles. The van der Waals surface area contributed by atoms with Crippen molar-refractivity contribution in [3.8, 4) is 0 Å². The molecular formula is C11H10N4O. The highest BCUT2D eigenvalue weighted by Gasteiger charge is 2.04. The van der Waals surface area contributed by atoms with Gasteiger partial charge in [-0.3, -0.25) is 4.79 Å². The first kappa shape index (κ1) is 10.3. The molecule has 0 aliphatic rings. The van der Waals surface area contributed by atoms with Crippen LogP contribution in [0.3, 0.4) is 0 Å². The second-order valence-corrected chi connectivity index (χ2v) is 3.50. The van der Waals surface area contributed by atoms with E-state index in [1.165, 1.54) is 4.57 Å². The van der Waals surface area contributed by atoms with Gasteiger partial charge in [-0.15, -0.1) is 0 Å². The van der Waals surface area contributed by atoms with Gasteiger partial charge in [-0.2, -0.15) is 0 Å². The number of azide groups is 1. The molecule has 2 rings (SSSR count). The highest BCUT2D eigenvalue weighted by molar-refractivity contribution is 5.84. The maximum atomic E-state index is 11.8. The van der Waals surface area contributed by atoms with Crippen molar-refractivity contribution in [2.24, 2.45) is 12.2 Å². The summed E-state index contributed by atoms with van der Waals surface area (Å²) in [6.45, 7) is 0.255. The third kappa shape index (κ3) is 1.64. The van der Waals surface area contributed by atoms with Gasteiger partial charge in [0.25, 0.3) is 5.56 Å². The minimum Gasteiger partial charge on any atom is -0.318 e. The number of rotatable bonds is 2. The normalized spacial score (nSPS) is 10.1. The highest BCUT2D eigenvalue weighted by Crippen LogP contribution is 2.15. The standard InChI is InChI=1S/C11H10N4O/c1-15-7-8(6-13-14-12)9-4-2-3-5-10(9)11(15)16/h2-5,7H,6H2,1H3. The molecule has 2 aromatic rings. The third-order valence-electron chi connectivity index (χ3n) is 2.48. The summed E-state index contributed by atoms with van der Waals surface area (Å²) < 4.78 is 1.50. The van der Waals surface area contributed by atoms with Crippen molar-refractivity contribution in [1.82, 2.24) is 4.57 Å². The molecule has 0 saturated heterocycles. The van der Waals surface area contributed by atoms with Crippen LogP contribution in [0, 0.1) is 0 Å². The van der Waals surface area contributed by atoms with Crippen LogP contribution in [0.4, 0.5) is 0 Å². The summed E-state index contributed by atoms with van der Waals surface area (Å²) >= 11 is 0. The quantitative estimate of drug-likeness (QED) is 0.429. The van der Waals surface area contributed by atoms with Crippen molar-refractivity contribution in [3.63, 3.8) is 0 Å². The Kier molecular flexibility index (Phi) is 2.62. The number of aromatic nitrogens is 1. The van der Waals surface area contributed by atoms with Crippen molar-refractivity contribution >= 4 is 10.8 Å². The average Bonchev–Trinajstić information content (AvgIpc) is 2.32. The van der Waals surface area contributed by atoms with Crippen LogP contribution in [0.15, 0.2) is 40.4 Å². The molecule has 0 radical (unpaired) electrons. The Morgan fingerprint density at radius 2 is 2.06 bits per heavy atom. The van der Waals surface area contributed by atoms with E-state index in [0.717, 1.165) is 10.9 Å². The average molecular weight is 214 g/mol. The summed E-state index contributed by atoms with van der Waals surface area (Å²) in [6.07, 6.45) is 1.71. The molecule has 0 unspecified atom stereocenters. The molecule has 0 amide bonds. The van der Waals surface area contributed by atoms with Crippen LogP contribution in [-0.2, 0) is 13.6 Å². The van der Waals surface area contributed by atoms with Crippen LogP contribution in [0.2, 0.25) is 0 Å². The third-order valence-corrected chi connectivity index (χ3v) is 2.48. The molecule has 5 nitrogen and oxygen atoms in total. The monoisotopic (exact) mass is 214 g/mol. The zero-order valence-electron chi connectivity index (χ0n) is 8.79. The summed E-state index contributed by atoms with van der Waals surface area (Å²) in [5.74, 6) is 0. The first-order valence-electron chi connectivity index (χ1n) is 4.82. The van der Waals surface area contributed by atoms with Crippen molar-refractivity contribution in [3.05, 3.63) is 56.8 Å². The Morgan fingerprint density at radius 1 is 1.38 bits per heavy atom. The number of hydrogen-bond donors (Lipinski definition) is 0. The van der Waals surface area contributed by atoms with E-state index in [9.17, 15) is 4.79 Å². The van der Waals surface area contributed by atoms with Crippen LogP contribution >= 0.6 is 0 Å². The van der Waals surface area contributed by atoms with E-state index in [4.69, 9.17) is 5.53 Å². The fourth-order valence-electron chi connectivity index (χ4n) is 1.74. The van der Waals surface area contributed by atoms with E-state index in [0.29, 0.717) is 5.39 Å². The first-order chi connectivity index (χ1) is 7.74. The fourth-order valence-corrected chi connectivity index (χ4v) is 1.74. The Balaban J connectivity index is 2.79. The number of aryl methyl sites for hydroxylation is 1. The molecule has 16 heavy (non-hydrogen) atoms. The fraction of sp³-hybridized carbons (Fsp3) is 0.182. The van der Waals surface area contributed by atoms with Crippen molar-refractivity contribution in [1.29, 1.82) is 0 Å². The van der Waals surface area contributed by atoms with Gasteiger partial charge in [-0.05, 0) is 22.5 Å². The zero-order chi connectivity index (χ0) is 11.5. The molecule has 0 N–H and O–H groups in total. The lowest BCUT2D eigenvalue weighted by molar-refractivity contribution is 0.852. The summed E-state index contributed by atoms with van der Waals surface area (Å²) in [6, 6.07) is 7.32. The molecular weight excluding hydrogens is 204 g/mol. The Morgan fingerprint density at radius 3 is 2.75 bits per heavy atom. The maximum Gasteiger partial charge on any atom is 0.258 e. The van der Waals surface area contributed by atoms with Gasteiger partial charge in [-0.1, -0.05) is 23.3 Å². The van der Waals surface area contributed by atoms with Crippen LogP contribution in [0.1, 0.15) is 5.56 Å². The van der Waals surface area contributed by atoms with Gasteiger partial charge in [0.1, 0.15) is 0 Å². The van der Waals surface area contributed by atoms with E-state index >= 15 is 0 Å². The lowest BCUT2D eigenvalue weighted by atomic mass is 10.1. The molecule has 0 aliphatic heterocycles. The Labute approximate surface area is 91.6 Å². The van der Waals surface area contributed by atoms with Gasteiger partial charge in [0.15, 0.2) is 0 Å². The van der Waals surface area contributed by atoms with Crippen molar-refractivity contribution in [2.45, 2.75) is 6.54 Å². The lowest BCUT2D eigenvalue weighted by Gasteiger charge is -2.06. The summed E-state index contributed by atoms with van der Waals surface area (Å²) in [5, 5.41) is 5.02. The topological polar surface area (TPSA) is 70.8 Å². The molecule has 0 bridgehead atoms. The number of hydrogen-bond acceptors (Lipinski definition) is 2. The molecule has 1 heterocycles. The zero-order valence-corrected chi connectivity index (χ0v) is 8.79. The van der Waals surface area contributed by atoms with Crippen LogP contribution in [0.5, 0.6) is 0 Å². The molecule has 0 atom stereocenters. The Bertz CT molecular complexity index is 638. The summed E-state index contributed by atoms with van der Waals surface area (Å²) in [4.78, 5) is 14.5. The SMILES string of the molecule is Cn1cc(CN=[N+]=[N-])c2ccccc2c1=O. The smallest absolute Gasteiger partial charge is 0.258 e. The highest BCUT2D eigenvalue weighted by atomic mass is 16.1. The van der Waals surface area contributed by atoms with Gasteiger partial charge in [0, 0.05) is 23.5 Å². The van der Waals surface area contributed by atoms with Crippen LogP contribution in [0.25, 0.3) is 21.2 Å². The van der Waals surface area contributed by atoms with Gasteiger partial charge in [0.2, 0.25) is 0 Å². The molecule has 0 saturated carbocycles. The van der Waals surface area contributed by atoms with Crippen molar-refractivity contribution < 1.29 is 0 Å². The lowest BCUT2D eigenvalue weighted by Crippen LogP contribution is -2.17. The van der Waals surface area contributed by atoms with Gasteiger partial charge in [0.05, 0.1) is 6.54 Å². The number of pyridine rings is 1. The van der Waals surface area contributed by atoms with Gasteiger partial charge in [-0.25, -0.2) is 0 Å². The van der Waals surface area contributed by atoms with Gasteiger partial charge < -0.3 is 4.57 Å². The number of nitrogens with zero attached hydrogens (tertiary/aromatic N) is 4. The summed E-state index contributed by atoms with van der Waals surface area (Å²) in [5.41, 5.74) is 9.13. The second kappa shape index (κ2) is 4.08. The van der Waals surface area contributed by atoms with E-state index in [-0.39, 0.29) is 12.1 Å². The minimum absolute atomic E-state index is 0.0414. The van der Waals surface area contributed by atoms with E-state index in [1.807, 2.05) is 18.2 Å².